The molecule has 4 aromatic rings. The Bertz CT molecular complexity index is 1900. The Morgan fingerprint density at radius 3 is 2.80 bits per heavy atom. The summed E-state index contributed by atoms with van der Waals surface area (Å²) >= 11 is 0. The van der Waals surface area contributed by atoms with E-state index in [9.17, 15) is 17.9 Å². The van der Waals surface area contributed by atoms with Crippen molar-refractivity contribution in [3.05, 3.63) is 48.4 Å². The van der Waals surface area contributed by atoms with Crippen molar-refractivity contribution in [2.75, 3.05) is 43.4 Å². The van der Waals surface area contributed by atoms with Gasteiger partial charge in [0.05, 0.1) is 16.7 Å². The molecule has 2 aromatic heterocycles. The van der Waals surface area contributed by atoms with Crippen molar-refractivity contribution in [1.82, 2.24) is 24.6 Å². The number of fused-ring (bicyclic) bond motifs is 3. The zero-order valence-electron chi connectivity index (χ0n) is 25.8. The van der Waals surface area contributed by atoms with E-state index in [1.807, 2.05) is 29.2 Å². The lowest BCUT2D eigenvalue weighted by molar-refractivity contribution is 0.107. The van der Waals surface area contributed by atoms with Gasteiger partial charge in [-0.2, -0.15) is 9.97 Å². The molecule has 0 radical (unpaired) electrons. The lowest BCUT2D eigenvalue weighted by Crippen LogP contribution is -2.43. The lowest BCUT2D eigenvalue weighted by atomic mass is 9.95. The molecule has 3 aliphatic rings. The van der Waals surface area contributed by atoms with Crippen molar-refractivity contribution in [1.29, 1.82) is 0 Å². The van der Waals surface area contributed by atoms with E-state index < -0.39 is 27.6 Å². The number of alkyl halides is 1. The summed E-state index contributed by atoms with van der Waals surface area (Å²) < 4.78 is 64.7. The molecule has 0 bridgehead atoms. The highest BCUT2D eigenvalue weighted by molar-refractivity contribution is 7.89. The Morgan fingerprint density at radius 2 is 1.96 bits per heavy atom. The zero-order valence-corrected chi connectivity index (χ0v) is 26.6. The molecule has 46 heavy (non-hydrogen) atoms. The molecule has 3 saturated heterocycles. The minimum atomic E-state index is -3.36. The van der Waals surface area contributed by atoms with Crippen LogP contribution in [0.25, 0.3) is 32.9 Å². The number of nitrogens with one attached hydrogen (secondary N) is 1. The maximum atomic E-state index is 16.7. The van der Waals surface area contributed by atoms with Gasteiger partial charge in [-0.3, -0.25) is 9.88 Å². The van der Waals surface area contributed by atoms with Crippen molar-refractivity contribution >= 4 is 37.5 Å². The second kappa shape index (κ2) is 12.2. The summed E-state index contributed by atoms with van der Waals surface area (Å²) in [6, 6.07) is 10.3. The Balaban J connectivity index is 1.29. The number of pyridine rings is 1. The second-order valence-electron chi connectivity index (χ2n) is 12.7. The third kappa shape index (κ3) is 5.84. The van der Waals surface area contributed by atoms with Crippen LogP contribution in [0.3, 0.4) is 0 Å². The van der Waals surface area contributed by atoms with Gasteiger partial charge < -0.3 is 14.7 Å². The molecule has 7 rings (SSSR count). The van der Waals surface area contributed by atoms with Gasteiger partial charge in [-0.1, -0.05) is 24.3 Å². The predicted molar refractivity (Wildman–Crippen MR) is 173 cm³/mol. The summed E-state index contributed by atoms with van der Waals surface area (Å²) in [6.45, 7) is 4.04. The van der Waals surface area contributed by atoms with Crippen LogP contribution < -0.4 is 14.4 Å². The van der Waals surface area contributed by atoms with Crippen molar-refractivity contribution in [2.24, 2.45) is 0 Å². The molecule has 0 saturated carbocycles. The molecular weight excluding hydrogens is 614 g/mol. The van der Waals surface area contributed by atoms with Crippen LogP contribution in [0.1, 0.15) is 45.4 Å². The maximum Gasteiger partial charge on any atom is 0.319 e. The Hall–Kier alpha value is -3.68. The summed E-state index contributed by atoms with van der Waals surface area (Å²) in [5.74, 6) is -0.221. The number of rotatable bonds is 8. The van der Waals surface area contributed by atoms with Gasteiger partial charge in [-0.15, -0.1) is 0 Å². The molecule has 1 unspecified atom stereocenters. The fourth-order valence-corrected chi connectivity index (χ4v) is 8.33. The number of hydrogen-bond donors (Lipinski definition) is 2. The zero-order chi connectivity index (χ0) is 32.1. The molecular formula is C33H38F2N6O4S. The van der Waals surface area contributed by atoms with Gasteiger partial charge in [-0.05, 0) is 68.5 Å². The molecule has 3 aliphatic heterocycles. The molecule has 0 aliphatic carbocycles. The van der Waals surface area contributed by atoms with Gasteiger partial charge in [0, 0.05) is 43.9 Å². The number of benzene rings is 2. The fourth-order valence-electron chi connectivity index (χ4n) is 7.42. The quantitative estimate of drug-likeness (QED) is 0.273. The Labute approximate surface area is 266 Å². The van der Waals surface area contributed by atoms with Crippen molar-refractivity contribution < 1.29 is 27.0 Å². The fraction of sp³-hybridized carbons (Fsp3) is 0.485. The smallest absolute Gasteiger partial charge is 0.319 e. The van der Waals surface area contributed by atoms with E-state index in [1.165, 1.54) is 6.07 Å². The van der Waals surface area contributed by atoms with Crippen LogP contribution in [0, 0.1) is 5.82 Å². The number of sulfonamides is 1. The second-order valence-corrected chi connectivity index (χ2v) is 14.8. The van der Waals surface area contributed by atoms with Crippen molar-refractivity contribution in [2.45, 2.75) is 63.2 Å². The first-order valence-electron chi connectivity index (χ1n) is 16.0. The third-order valence-corrected chi connectivity index (χ3v) is 11.2. The van der Waals surface area contributed by atoms with Gasteiger partial charge in [0.1, 0.15) is 35.6 Å². The van der Waals surface area contributed by atoms with Crippen molar-refractivity contribution in [3.63, 3.8) is 0 Å². The third-order valence-electron chi connectivity index (χ3n) is 9.73. The van der Waals surface area contributed by atoms with E-state index in [-0.39, 0.29) is 41.4 Å². The van der Waals surface area contributed by atoms with Crippen LogP contribution in [0.5, 0.6) is 11.8 Å². The summed E-state index contributed by atoms with van der Waals surface area (Å²) in [6.07, 6.45) is 4.66. The molecule has 3 fully saturated rings. The minimum Gasteiger partial charge on any atom is -0.508 e. The highest BCUT2D eigenvalue weighted by Gasteiger charge is 2.49. The molecule has 0 spiro atoms. The normalized spacial score (nSPS) is 24.0. The molecule has 2 N–H and O–H groups in total. The number of anilines is 1. The number of phenolic OH excluding ortho intramolecular Hbond substituents is 1. The van der Waals surface area contributed by atoms with Gasteiger partial charge in [0.25, 0.3) is 0 Å². The van der Waals surface area contributed by atoms with Gasteiger partial charge in [0.2, 0.25) is 10.0 Å². The maximum absolute atomic E-state index is 16.7. The first-order chi connectivity index (χ1) is 22.1. The van der Waals surface area contributed by atoms with Crippen molar-refractivity contribution in [3.8, 4) is 23.0 Å². The van der Waals surface area contributed by atoms with Crippen LogP contribution in [-0.4, -0.2) is 89.7 Å². The molecule has 0 amide bonds. The minimum absolute atomic E-state index is 0.00432. The Kier molecular flexibility index (Phi) is 8.18. The van der Waals surface area contributed by atoms with E-state index >= 15 is 4.39 Å². The Morgan fingerprint density at radius 1 is 1.11 bits per heavy atom. The number of halogens is 2. The molecule has 5 heterocycles. The van der Waals surface area contributed by atoms with Crippen LogP contribution >= 0.6 is 0 Å². The predicted octanol–water partition coefficient (Wildman–Crippen LogP) is 4.94. The number of ether oxygens (including phenoxy) is 1. The topological polar surface area (TPSA) is 121 Å². The summed E-state index contributed by atoms with van der Waals surface area (Å²) in [5.41, 5.74) is 0.0585. The molecule has 244 valence electrons. The van der Waals surface area contributed by atoms with Crippen LogP contribution in [0.4, 0.5) is 14.6 Å². The number of aromatic hydroxyl groups is 1. The number of hydrogen-bond acceptors (Lipinski definition) is 9. The largest absolute Gasteiger partial charge is 0.508 e. The van der Waals surface area contributed by atoms with E-state index in [0.29, 0.717) is 62.1 Å². The van der Waals surface area contributed by atoms with E-state index in [2.05, 4.69) is 19.6 Å². The summed E-state index contributed by atoms with van der Waals surface area (Å²) in [5, 5.41) is 12.3. The van der Waals surface area contributed by atoms with Gasteiger partial charge in [-0.25, -0.2) is 21.9 Å². The molecule has 3 atom stereocenters. The monoisotopic (exact) mass is 652 g/mol. The molecule has 2 aromatic carbocycles. The number of phenols is 1. The number of nitrogens with zero attached hydrogens (tertiary/aromatic N) is 5. The lowest BCUT2D eigenvalue weighted by Gasteiger charge is -2.31. The first-order valence-corrected chi connectivity index (χ1v) is 17.7. The highest BCUT2D eigenvalue weighted by atomic mass is 32.2. The first kappa shape index (κ1) is 30.9. The van der Waals surface area contributed by atoms with Crippen LogP contribution in [0.2, 0.25) is 0 Å². The van der Waals surface area contributed by atoms with Crippen LogP contribution in [0.15, 0.2) is 42.6 Å². The molecule has 13 heteroatoms. The number of aromatic nitrogens is 3. The average Bonchev–Trinajstić information content (AvgIpc) is 3.46. The van der Waals surface area contributed by atoms with Gasteiger partial charge >= 0.3 is 6.01 Å². The van der Waals surface area contributed by atoms with E-state index in [1.54, 1.807) is 19.2 Å². The van der Waals surface area contributed by atoms with Gasteiger partial charge in [0.15, 0.2) is 5.82 Å². The standard InChI is InChI=1S/C33H38F2N6O4S/c1-2-46(43,44)39-23-8-5-12-40(14-10-23)31-27-18-36-29(26-16-24(42)15-21-7-3-4-9-25(21)26)28(35)30(27)37-32(38-31)45-20-33-11-6-13-41(33)19-22(34)17-33/h3-4,7,9,15-16,18,22-23,39,42H,2,5-6,8,10-14,17,19-20H2,1H3/t22-,23?,33+/m1/s1. The van der Waals surface area contributed by atoms with E-state index in [0.717, 1.165) is 30.2 Å². The summed E-state index contributed by atoms with van der Waals surface area (Å²) in [4.78, 5) is 18.0. The van der Waals surface area contributed by atoms with E-state index in [4.69, 9.17) is 9.72 Å². The SMILES string of the molecule is CCS(=O)(=O)NC1CCCN(c2nc(OC[C@@]34CCCN3C[C@H](F)C4)nc3c(F)c(-c4cc(O)cc5ccccc45)ncc23)CC1. The summed E-state index contributed by atoms with van der Waals surface area (Å²) in [7, 11) is -3.36. The highest BCUT2D eigenvalue weighted by Crippen LogP contribution is 2.41. The molecule has 10 nitrogen and oxygen atoms in total. The van der Waals surface area contributed by atoms with Crippen LogP contribution in [-0.2, 0) is 10.0 Å². The average molecular weight is 653 g/mol.